The van der Waals surface area contributed by atoms with Gasteiger partial charge >= 0.3 is 0 Å². The summed E-state index contributed by atoms with van der Waals surface area (Å²) < 4.78 is 5.01. The lowest BCUT2D eigenvalue weighted by Crippen LogP contribution is -2.37. The van der Waals surface area contributed by atoms with Gasteiger partial charge in [0.15, 0.2) is 0 Å². The van der Waals surface area contributed by atoms with Crippen LogP contribution < -0.4 is 16.2 Å². The standard InChI is InChI=1S/C10H16N2O2/c1-10(12,6-13)8-4-3-7(14-2)5-9(8)11/h3-5,13H,6,11-12H2,1-2H3/t10-/m0/s1. The molecule has 0 unspecified atom stereocenters. The van der Waals surface area contributed by atoms with Gasteiger partial charge in [0.2, 0.25) is 0 Å². The van der Waals surface area contributed by atoms with Gasteiger partial charge in [0.1, 0.15) is 5.75 Å². The van der Waals surface area contributed by atoms with Crippen LogP contribution in [0.25, 0.3) is 0 Å². The van der Waals surface area contributed by atoms with Gasteiger partial charge in [-0.2, -0.15) is 0 Å². The number of aliphatic hydroxyl groups excluding tert-OH is 1. The molecule has 1 aromatic rings. The number of methoxy groups -OCH3 is 1. The minimum atomic E-state index is -0.809. The monoisotopic (exact) mass is 196 g/mol. The Morgan fingerprint density at radius 2 is 2.14 bits per heavy atom. The molecule has 0 heterocycles. The first-order valence-corrected chi connectivity index (χ1v) is 4.35. The van der Waals surface area contributed by atoms with Crippen LogP contribution in [0.5, 0.6) is 5.75 Å². The van der Waals surface area contributed by atoms with E-state index in [1.165, 1.54) is 0 Å². The maximum Gasteiger partial charge on any atom is 0.120 e. The number of benzene rings is 1. The molecule has 1 aromatic carbocycles. The first-order valence-electron chi connectivity index (χ1n) is 4.35. The van der Waals surface area contributed by atoms with Crippen LogP contribution in [0.15, 0.2) is 18.2 Å². The van der Waals surface area contributed by atoms with E-state index in [-0.39, 0.29) is 6.61 Å². The molecule has 78 valence electrons. The highest BCUT2D eigenvalue weighted by Crippen LogP contribution is 2.27. The number of ether oxygens (including phenoxy) is 1. The van der Waals surface area contributed by atoms with Crippen molar-refractivity contribution in [2.45, 2.75) is 12.5 Å². The van der Waals surface area contributed by atoms with Crippen molar-refractivity contribution in [3.05, 3.63) is 23.8 Å². The second kappa shape index (κ2) is 3.86. The van der Waals surface area contributed by atoms with Crippen molar-refractivity contribution in [3.63, 3.8) is 0 Å². The molecular weight excluding hydrogens is 180 g/mol. The molecule has 0 aliphatic carbocycles. The topological polar surface area (TPSA) is 81.5 Å². The van der Waals surface area contributed by atoms with Crippen molar-refractivity contribution in [2.24, 2.45) is 5.73 Å². The van der Waals surface area contributed by atoms with Gasteiger partial charge in [-0.3, -0.25) is 0 Å². The molecule has 4 heteroatoms. The largest absolute Gasteiger partial charge is 0.497 e. The lowest BCUT2D eigenvalue weighted by molar-refractivity contribution is 0.210. The fourth-order valence-electron chi connectivity index (χ4n) is 1.27. The van der Waals surface area contributed by atoms with E-state index in [2.05, 4.69) is 0 Å². The van der Waals surface area contributed by atoms with Crippen LogP contribution in [0.4, 0.5) is 5.69 Å². The van der Waals surface area contributed by atoms with E-state index in [0.29, 0.717) is 11.4 Å². The van der Waals surface area contributed by atoms with Gasteiger partial charge in [0, 0.05) is 11.8 Å². The molecule has 0 saturated carbocycles. The Kier molecular flexibility index (Phi) is 2.98. The Bertz CT molecular complexity index is 324. The van der Waals surface area contributed by atoms with E-state index >= 15 is 0 Å². The summed E-state index contributed by atoms with van der Waals surface area (Å²) >= 11 is 0. The number of aliphatic hydroxyl groups is 1. The van der Waals surface area contributed by atoms with Crippen LogP contribution in [0.2, 0.25) is 0 Å². The summed E-state index contributed by atoms with van der Waals surface area (Å²) in [5.74, 6) is 0.681. The van der Waals surface area contributed by atoms with E-state index in [0.717, 1.165) is 5.56 Å². The molecule has 0 saturated heterocycles. The number of nitrogen functional groups attached to an aromatic ring is 1. The first-order chi connectivity index (χ1) is 6.51. The van der Waals surface area contributed by atoms with Gasteiger partial charge in [0.05, 0.1) is 19.3 Å². The smallest absolute Gasteiger partial charge is 0.120 e. The molecule has 0 spiro atoms. The third kappa shape index (κ3) is 1.97. The van der Waals surface area contributed by atoms with Crippen LogP contribution >= 0.6 is 0 Å². The zero-order chi connectivity index (χ0) is 10.8. The normalized spacial score (nSPS) is 14.9. The number of hydrogen-bond acceptors (Lipinski definition) is 4. The summed E-state index contributed by atoms with van der Waals surface area (Å²) in [6, 6.07) is 5.23. The van der Waals surface area contributed by atoms with Crippen molar-refractivity contribution < 1.29 is 9.84 Å². The second-order valence-corrected chi connectivity index (χ2v) is 3.53. The van der Waals surface area contributed by atoms with Crippen LogP contribution in [0.3, 0.4) is 0 Å². The lowest BCUT2D eigenvalue weighted by Gasteiger charge is -2.24. The number of anilines is 1. The number of nitrogens with two attached hydrogens (primary N) is 2. The van der Waals surface area contributed by atoms with E-state index in [1.807, 2.05) is 0 Å². The van der Waals surface area contributed by atoms with Crippen LogP contribution in [0, 0.1) is 0 Å². The number of hydrogen-bond donors (Lipinski definition) is 3. The molecule has 0 aromatic heterocycles. The highest BCUT2D eigenvalue weighted by molar-refractivity contribution is 5.54. The Morgan fingerprint density at radius 1 is 1.50 bits per heavy atom. The molecule has 0 bridgehead atoms. The van der Waals surface area contributed by atoms with Crippen molar-refractivity contribution in [2.75, 3.05) is 19.5 Å². The van der Waals surface area contributed by atoms with E-state index in [4.69, 9.17) is 21.3 Å². The van der Waals surface area contributed by atoms with Gasteiger partial charge in [-0.05, 0) is 18.6 Å². The molecule has 0 fully saturated rings. The Labute approximate surface area is 83.5 Å². The highest BCUT2D eigenvalue weighted by Gasteiger charge is 2.22. The summed E-state index contributed by atoms with van der Waals surface area (Å²) in [7, 11) is 1.57. The van der Waals surface area contributed by atoms with Gasteiger partial charge in [-0.1, -0.05) is 6.07 Å². The van der Waals surface area contributed by atoms with E-state index < -0.39 is 5.54 Å². The molecule has 0 aliphatic rings. The highest BCUT2D eigenvalue weighted by atomic mass is 16.5. The van der Waals surface area contributed by atoms with Crippen molar-refractivity contribution in [1.82, 2.24) is 0 Å². The predicted octanol–water partition coefficient (Wildman–Crippen LogP) is 0.444. The van der Waals surface area contributed by atoms with Crippen LogP contribution in [-0.2, 0) is 5.54 Å². The van der Waals surface area contributed by atoms with E-state index in [9.17, 15) is 0 Å². The Morgan fingerprint density at radius 3 is 2.57 bits per heavy atom. The predicted molar refractivity (Wildman–Crippen MR) is 56.0 cm³/mol. The fraction of sp³-hybridized carbons (Fsp3) is 0.400. The van der Waals surface area contributed by atoms with Gasteiger partial charge in [-0.25, -0.2) is 0 Å². The van der Waals surface area contributed by atoms with Gasteiger partial charge in [-0.15, -0.1) is 0 Å². The summed E-state index contributed by atoms with van der Waals surface area (Å²) in [5, 5.41) is 9.09. The minimum Gasteiger partial charge on any atom is -0.497 e. The molecule has 14 heavy (non-hydrogen) atoms. The molecule has 4 nitrogen and oxygen atoms in total. The summed E-state index contributed by atoms with van der Waals surface area (Å²) in [6.45, 7) is 1.58. The fourth-order valence-corrected chi connectivity index (χ4v) is 1.27. The van der Waals surface area contributed by atoms with E-state index in [1.54, 1.807) is 32.2 Å². The molecule has 1 rings (SSSR count). The molecule has 0 aliphatic heterocycles. The third-order valence-corrected chi connectivity index (χ3v) is 2.20. The maximum atomic E-state index is 9.09. The summed E-state index contributed by atoms with van der Waals surface area (Å²) in [6.07, 6.45) is 0. The molecular formula is C10H16N2O2. The van der Waals surface area contributed by atoms with Crippen LogP contribution in [-0.4, -0.2) is 18.8 Å². The second-order valence-electron chi connectivity index (χ2n) is 3.53. The molecule has 0 amide bonds. The summed E-state index contributed by atoms with van der Waals surface area (Å²) in [5.41, 5.74) is 12.1. The minimum absolute atomic E-state index is 0.149. The molecule has 0 radical (unpaired) electrons. The van der Waals surface area contributed by atoms with Crippen molar-refractivity contribution in [3.8, 4) is 5.75 Å². The summed E-state index contributed by atoms with van der Waals surface area (Å²) in [4.78, 5) is 0. The maximum absolute atomic E-state index is 9.09. The van der Waals surface area contributed by atoms with Gasteiger partial charge in [0.25, 0.3) is 0 Å². The van der Waals surface area contributed by atoms with Gasteiger partial charge < -0.3 is 21.3 Å². The quantitative estimate of drug-likeness (QED) is 0.613. The Hall–Kier alpha value is -1.26. The first kappa shape index (κ1) is 10.8. The zero-order valence-electron chi connectivity index (χ0n) is 8.45. The SMILES string of the molecule is COc1ccc([C@@](C)(N)CO)c(N)c1. The number of rotatable bonds is 3. The third-order valence-electron chi connectivity index (χ3n) is 2.20. The van der Waals surface area contributed by atoms with Crippen molar-refractivity contribution >= 4 is 5.69 Å². The lowest BCUT2D eigenvalue weighted by atomic mass is 9.92. The molecule has 1 atom stereocenters. The van der Waals surface area contributed by atoms with Crippen LogP contribution in [0.1, 0.15) is 12.5 Å². The molecule has 5 N–H and O–H groups in total. The Balaban J connectivity index is 3.12. The van der Waals surface area contributed by atoms with Crippen molar-refractivity contribution in [1.29, 1.82) is 0 Å². The zero-order valence-corrected chi connectivity index (χ0v) is 8.45. The average Bonchev–Trinajstić information content (AvgIpc) is 2.17. The average molecular weight is 196 g/mol.